The molecule has 1 fully saturated rings. The first-order chi connectivity index (χ1) is 7.70. The van der Waals surface area contributed by atoms with Crippen LogP contribution in [0, 0.1) is 5.92 Å². The highest BCUT2D eigenvalue weighted by atomic mass is 16.5. The molecular weight excluding hydrogens is 204 g/mol. The maximum absolute atomic E-state index is 12.0. The first-order valence-corrected chi connectivity index (χ1v) is 5.85. The number of nitrogens with zero attached hydrogens (tertiary/aromatic N) is 2. The van der Waals surface area contributed by atoms with Crippen LogP contribution in [0.3, 0.4) is 0 Å². The molecule has 16 heavy (non-hydrogen) atoms. The zero-order valence-electron chi connectivity index (χ0n) is 9.85. The van der Waals surface area contributed by atoms with Gasteiger partial charge in [0.2, 0.25) is 0 Å². The van der Waals surface area contributed by atoms with Crippen LogP contribution in [0.4, 0.5) is 0 Å². The summed E-state index contributed by atoms with van der Waals surface area (Å²) in [5.41, 5.74) is 0. The van der Waals surface area contributed by atoms with Crippen molar-refractivity contribution in [3.8, 4) is 0 Å². The molecule has 2 rings (SSSR count). The summed E-state index contributed by atoms with van der Waals surface area (Å²) in [7, 11) is 0. The molecule has 2 atom stereocenters. The molecule has 88 valence electrons. The van der Waals surface area contributed by atoms with Crippen LogP contribution >= 0.6 is 0 Å². The Hall–Kier alpha value is -1.16. The Morgan fingerprint density at radius 2 is 2.50 bits per heavy atom. The summed E-state index contributed by atoms with van der Waals surface area (Å²) in [5.74, 6) is 1.19. The number of ether oxygens (including phenoxy) is 1. The third kappa shape index (κ3) is 2.32. The minimum absolute atomic E-state index is 0.0667. The monoisotopic (exact) mass is 222 g/mol. The summed E-state index contributed by atoms with van der Waals surface area (Å²) < 4.78 is 7.43. The van der Waals surface area contributed by atoms with Gasteiger partial charge in [0.05, 0.1) is 19.1 Å². The van der Waals surface area contributed by atoms with Gasteiger partial charge in [-0.1, -0.05) is 0 Å². The molecule has 1 saturated heterocycles. The molecule has 4 heteroatoms. The van der Waals surface area contributed by atoms with Crippen molar-refractivity contribution in [2.45, 2.75) is 39.3 Å². The fourth-order valence-corrected chi connectivity index (χ4v) is 2.14. The highest BCUT2D eigenvalue weighted by Crippen LogP contribution is 2.21. The Morgan fingerprint density at radius 3 is 3.12 bits per heavy atom. The average molecular weight is 222 g/mol. The van der Waals surface area contributed by atoms with E-state index >= 15 is 0 Å². The number of rotatable bonds is 4. The van der Waals surface area contributed by atoms with Crippen LogP contribution in [-0.4, -0.2) is 28.0 Å². The number of carbonyl (C=O) groups excluding carboxylic acids is 1. The molecule has 2 heterocycles. The molecule has 0 radical (unpaired) electrons. The van der Waals surface area contributed by atoms with Crippen LogP contribution < -0.4 is 0 Å². The SMILES string of the molecule is CCn1ccnc1CC(=O)C1COC(C)C1. The molecule has 2 unspecified atom stereocenters. The number of imidazole rings is 1. The van der Waals surface area contributed by atoms with Gasteiger partial charge in [0.25, 0.3) is 0 Å². The fraction of sp³-hybridized carbons (Fsp3) is 0.667. The lowest BCUT2D eigenvalue weighted by Gasteiger charge is -2.07. The van der Waals surface area contributed by atoms with Crippen molar-refractivity contribution < 1.29 is 9.53 Å². The van der Waals surface area contributed by atoms with E-state index in [0.717, 1.165) is 18.8 Å². The van der Waals surface area contributed by atoms with Crippen molar-refractivity contribution in [1.29, 1.82) is 0 Å². The maximum Gasteiger partial charge on any atom is 0.145 e. The fourth-order valence-electron chi connectivity index (χ4n) is 2.14. The Labute approximate surface area is 95.6 Å². The van der Waals surface area contributed by atoms with Crippen LogP contribution in [0.15, 0.2) is 12.4 Å². The van der Waals surface area contributed by atoms with E-state index < -0.39 is 0 Å². The molecule has 1 aromatic heterocycles. The average Bonchev–Trinajstić information content (AvgIpc) is 2.86. The number of hydrogen-bond acceptors (Lipinski definition) is 3. The Balaban J connectivity index is 1.97. The lowest BCUT2D eigenvalue weighted by atomic mass is 9.98. The summed E-state index contributed by atoms with van der Waals surface area (Å²) in [6.07, 6.45) is 5.17. The first-order valence-electron chi connectivity index (χ1n) is 5.85. The molecule has 0 N–H and O–H groups in total. The van der Waals surface area contributed by atoms with E-state index in [1.165, 1.54) is 0 Å². The van der Waals surface area contributed by atoms with E-state index in [1.807, 2.05) is 17.7 Å². The molecule has 1 aliphatic heterocycles. The lowest BCUT2D eigenvalue weighted by Crippen LogP contribution is -2.19. The molecule has 0 spiro atoms. The number of carbonyl (C=O) groups is 1. The van der Waals surface area contributed by atoms with Gasteiger partial charge in [-0.3, -0.25) is 4.79 Å². The van der Waals surface area contributed by atoms with E-state index in [0.29, 0.717) is 13.0 Å². The highest BCUT2D eigenvalue weighted by molar-refractivity contribution is 5.83. The number of aryl methyl sites for hydroxylation is 1. The van der Waals surface area contributed by atoms with E-state index in [9.17, 15) is 4.79 Å². The van der Waals surface area contributed by atoms with Crippen molar-refractivity contribution in [2.75, 3.05) is 6.61 Å². The standard InChI is InChI=1S/C12H18N2O2/c1-3-14-5-4-13-12(14)7-11(15)10-6-9(2)16-8-10/h4-5,9-10H,3,6-8H2,1-2H3. The van der Waals surface area contributed by atoms with Crippen molar-refractivity contribution in [3.63, 3.8) is 0 Å². The van der Waals surface area contributed by atoms with E-state index in [2.05, 4.69) is 11.9 Å². The summed E-state index contributed by atoms with van der Waals surface area (Å²) in [6, 6.07) is 0. The summed E-state index contributed by atoms with van der Waals surface area (Å²) in [6.45, 7) is 5.50. The van der Waals surface area contributed by atoms with Crippen molar-refractivity contribution in [3.05, 3.63) is 18.2 Å². The molecule has 0 aromatic carbocycles. The smallest absolute Gasteiger partial charge is 0.145 e. The van der Waals surface area contributed by atoms with E-state index in [4.69, 9.17) is 4.74 Å². The molecule has 1 aromatic rings. The second kappa shape index (κ2) is 4.78. The van der Waals surface area contributed by atoms with Crippen molar-refractivity contribution in [1.82, 2.24) is 9.55 Å². The van der Waals surface area contributed by atoms with Crippen LogP contribution in [0.2, 0.25) is 0 Å². The zero-order chi connectivity index (χ0) is 11.5. The van der Waals surface area contributed by atoms with Gasteiger partial charge in [0.1, 0.15) is 11.6 Å². The third-order valence-electron chi connectivity index (χ3n) is 3.13. The predicted molar refractivity (Wildman–Crippen MR) is 60.1 cm³/mol. The third-order valence-corrected chi connectivity index (χ3v) is 3.13. The van der Waals surface area contributed by atoms with Crippen LogP contribution in [0.25, 0.3) is 0 Å². The van der Waals surface area contributed by atoms with Gasteiger partial charge < -0.3 is 9.30 Å². The lowest BCUT2D eigenvalue weighted by molar-refractivity contribution is -0.122. The van der Waals surface area contributed by atoms with Gasteiger partial charge in [0, 0.05) is 24.9 Å². The van der Waals surface area contributed by atoms with Crippen LogP contribution in [0.5, 0.6) is 0 Å². The second-order valence-corrected chi connectivity index (χ2v) is 4.35. The van der Waals surface area contributed by atoms with E-state index in [1.54, 1.807) is 6.20 Å². The Kier molecular flexibility index (Phi) is 3.39. The summed E-state index contributed by atoms with van der Waals surface area (Å²) in [4.78, 5) is 16.2. The van der Waals surface area contributed by atoms with Crippen molar-refractivity contribution in [2.24, 2.45) is 5.92 Å². The Morgan fingerprint density at radius 1 is 1.69 bits per heavy atom. The predicted octanol–water partition coefficient (Wildman–Crippen LogP) is 1.44. The quantitative estimate of drug-likeness (QED) is 0.774. The number of ketones is 1. The Bertz CT molecular complexity index is 373. The number of hydrogen-bond donors (Lipinski definition) is 0. The molecule has 0 bridgehead atoms. The maximum atomic E-state index is 12.0. The van der Waals surface area contributed by atoms with Gasteiger partial charge in [-0.25, -0.2) is 4.98 Å². The normalized spacial score (nSPS) is 24.9. The van der Waals surface area contributed by atoms with Crippen molar-refractivity contribution >= 4 is 5.78 Å². The highest BCUT2D eigenvalue weighted by Gasteiger charge is 2.28. The molecule has 1 aliphatic rings. The largest absolute Gasteiger partial charge is 0.378 e. The summed E-state index contributed by atoms with van der Waals surface area (Å²) in [5, 5.41) is 0. The number of Topliss-reactive ketones (excluding diaryl/α,β-unsaturated/α-hetero) is 1. The first kappa shape index (κ1) is 11.3. The van der Waals surface area contributed by atoms with Gasteiger partial charge >= 0.3 is 0 Å². The minimum Gasteiger partial charge on any atom is -0.378 e. The van der Waals surface area contributed by atoms with Gasteiger partial charge in [0.15, 0.2) is 0 Å². The summed E-state index contributed by atoms with van der Waals surface area (Å²) >= 11 is 0. The van der Waals surface area contributed by atoms with Crippen LogP contribution in [-0.2, 0) is 22.5 Å². The minimum atomic E-state index is 0.0667. The van der Waals surface area contributed by atoms with Gasteiger partial charge in [-0.15, -0.1) is 0 Å². The van der Waals surface area contributed by atoms with E-state index in [-0.39, 0.29) is 17.8 Å². The second-order valence-electron chi connectivity index (χ2n) is 4.35. The number of aromatic nitrogens is 2. The zero-order valence-corrected chi connectivity index (χ0v) is 9.85. The molecule has 4 nitrogen and oxygen atoms in total. The molecule has 0 amide bonds. The van der Waals surface area contributed by atoms with Gasteiger partial charge in [-0.2, -0.15) is 0 Å². The molecular formula is C12H18N2O2. The topological polar surface area (TPSA) is 44.1 Å². The molecule has 0 saturated carbocycles. The molecule has 0 aliphatic carbocycles. The van der Waals surface area contributed by atoms with Crippen LogP contribution in [0.1, 0.15) is 26.1 Å². The van der Waals surface area contributed by atoms with Gasteiger partial charge in [-0.05, 0) is 20.3 Å².